The molecule has 0 fully saturated rings. The number of benzene rings is 2. The minimum Gasteiger partial charge on any atom is -0.486 e. The number of esters is 1. The number of thiocarbonyl (C=S) groups is 1. The van der Waals surface area contributed by atoms with Crippen LogP contribution in [0.3, 0.4) is 0 Å². The summed E-state index contributed by atoms with van der Waals surface area (Å²) in [6, 6.07) is 7.47. The van der Waals surface area contributed by atoms with E-state index in [9.17, 15) is 13.6 Å². The molecule has 0 aliphatic carbocycles. The number of anilines is 1. The molecule has 0 saturated heterocycles. The molecular weight excluding hydrogens is 454 g/mol. The standard InChI is InChI=1S/C23H22F2N2O5S/c1-13-20(22(28)32-8-7-29-2)21(16-5-3-14(24)11-17(16)25)26-23(33)27(13)15-4-6-18-19(12-15)31-10-9-30-18/h3-6,11-12,21H,7-10H2,1-2H3,(H,26,33). The molecule has 1 atom stereocenters. The van der Waals surface area contributed by atoms with E-state index >= 15 is 0 Å². The molecule has 0 radical (unpaired) electrons. The van der Waals surface area contributed by atoms with Crippen molar-refractivity contribution in [3.63, 3.8) is 0 Å². The van der Waals surface area contributed by atoms with Crippen LogP contribution < -0.4 is 19.7 Å². The van der Waals surface area contributed by atoms with E-state index in [2.05, 4.69) is 5.32 Å². The summed E-state index contributed by atoms with van der Waals surface area (Å²) in [6.07, 6.45) is 0. The third-order valence-electron chi connectivity index (χ3n) is 5.28. The number of nitrogens with one attached hydrogen (secondary N) is 1. The van der Waals surface area contributed by atoms with E-state index in [1.165, 1.54) is 13.2 Å². The van der Waals surface area contributed by atoms with Gasteiger partial charge < -0.3 is 24.3 Å². The minimum atomic E-state index is -0.971. The number of ether oxygens (including phenoxy) is 4. The molecule has 10 heteroatoms. The van der Waals surface area contributed by atoms with Gasteiger partial charge in [0, 0.05) is 30.5 Å². The van der Waals surface area contributed by atoms with Gasteiger partial charge in [0.15, 0.2) is 16.6 Å². The Morgan fingerprint density at radius 3 is 2.64 bits per heavy atom. The van der Waals surface area contributed by atoms with E-state index < -0.39 is 23.6 Å². The Bertz CT molecular complexity index is 1120. The molecule has 1 N–H and O–H groups in total. The molecule has 2 aliphatic rings. The number of allylic oxidation sites excluding steroid dienone is 1. The summed E-state index contributed by atoms with van der Waals surface area (Å²) >= 11 is 5.57. The highest BCUT2D eigenvalue weighted by Gasteiger charge is 2.37. The normalized spacial score (nSPS) is 17.6. The van der Waals surface area contributed by atoms with Gasteiger partial charge in [-0.05, 0) is 37.3 Å². The Balaban J connectivity index is 1.78. The number of rotatable bonds is 6. The average molecular weight is 477 g/mol. The van der Waals surface area contributed by atoms with Crippen LogP contribution >= 0.6 is 12.2 Å². The van der Waals surface area contributed by atoms with Crippen molar-refractivity contribution in [3.05, 3.63) is 64.9 Å². The maximum atomic E-state index is 14.7. The van der Waals surface area contributed by atoms with Crippen LogP contribution in [0.15, 0.2) is 47.7 Å². The fraction of sp³-hybridized carbons (Fsp3) is 0.304. The number of hydrogen-bond donors (Lipinski definition) is 1. The molecule has 0 aromatic heterocycles. The first-order chi connectivity index (χ1) is 15.9. The maximum absolute atomic E-state index is 14.7. The van der Waals surface area contributed by atoms with Gasteiger partial charge >= 0.3 is 5.97 Å². The zero-order valence-electron chi connectivity index (χ0n) is 18.0. The van der Waals surface area contributed by atoms with Gasteiger partial charge in [0.05, 0.1) is 23.9 Å². The van der Waals surface area contributed by atoms with Gasteiger partial charge in [-0.2, -0.15) is 0 Å². The number of fused-ring (bicyclic) bond motifs is 1. The molecule has 33 heavy (non-hydrogen) atoms. The highest BCUT2D eigenvalue weighted by molar-refractivity contribution is 7.80. The Kier molecular flexibility index (Phi) is 6.75. The monoisotopic (exact) mass is 476 g/mol. The van der Waals surface area contributed by atoms with Crippen molar-refractivity contribution in [2.45, 2.75) is 13.0 Å². The van der Waals surface area contributed by atoms with Gasteiger partial charge in [0.25, 0.3) is 0 Å². The van der Waals surface area contributed by atoms with Crippen molar-refractivity contribution >= 4 is 29.0 Å². The molecule has 0 amide bonds. The van der Waals surface area contributed by atoms with Gasteiger partial charge in [-0.25, -0.2) is 13.6 Å². The van der Waals surface area contributed by atoms with Gasteiger partial charge in [-0.15, -0.1) is 0 Å². The second-order valence-electron chi connectivity index (χ2n) is 7.34. The summed E-state index contributed by atoms with van der Waals surface area (Å²) in [5, 5.41) is 3.23. The lowest BCUT2D eigenvalue weighted by molar-refractivity contribution is -0.140. The topological polar surface area (TPSA) is 69.3 Å². The molecule has 0 bridgehead atoms. The maximum Gasteiger partial charge on any atom is 0.338 e. The van der Waals surface area contributed by atoms with Crippen LogP contribution in [0.1, 0.15) is 18.5 Å². The third kappa shape index (κ3) is 4.62. The van der Waals surface area contributed by atoms with Crippen molar-refractivity contribution in [1.82, 2.24) is 5.32 Å². The predicted octanol–water partition coefficient (Wildman–Crippen LogP) is 3.64. The van der Waals surface area contributed by atoms with Crippen molar-refractivity contribution < 1.29 is 32.5 Å². The first-order valence-corrected chi connectivity index (χ1v) is 10.6. The molecule has 174 valence electrons. The van der Waals surface area contributed by atoms with E-state index in [-0.39, 0.29) is 29.5 Å². The van der Waals surface area contributed by atoms with Gasteiger partial charge in [0.2, 0.25) is 0 Å². The molecule has 1 unspecified atom stereocenters. The molecule has 4 rings (SSSR count). The van der Waals surface area contributed by atoms with Gasteiger partial charge in [-0.3, -0.25) is 4.90 Å². The van der Waals surface area contributed by atoms with E-state index in [0.29, 0.717) is 36.1 Å². The van der Waals surface area contributed by atoms with Crippen molar-refractivity contribution in [2.75, 3.05) is 38.4 Å². The lowest BCUT2D eigenvalue weighted by atomic mass is 9.94. The molecule has 0 saturated carbocycles. The van der Waals surface area contributed by atoms with Gasteiger partial charge in [-0.1, -0.05) is 6.07 Å². The molecule has 2 aliphatic heterocycles. The third-order valence-corrected chi connectivity index (χ3v) is 5.58. The Hall–Kier alpha value is -3.24. The molecule has 7 nitrogen and oxygen atoms in total. The Morgan fingerprint density at radius 1 is 1.15 bits per heavy atom. The average Bonchev–Trinajstić information content (AvgIpc) is 2.78. The summed E-state index contributed by atoms with van der Waals surface area (Å²) in [5.41, 5.74) is 1.26. The molecular formula is C23H22F2N2O5S. The van der Waals surface area contributed by atoms with Crippen LogP contribution in [0.2, 0.25) is 0 Å². The number of nitrogens with zero attached hydrogens (tertiary/aromatic N) is 1. The van der Waals surface area contributed by atoms with Gasteiger partial charge in [0.1, 0.15) is 31.5 Å². The first kappa shape index (κ1) is 22.9. The van der Waals surface area contributed by atoms with E-state index in [1.807, 2.05) is 0 Å². The molecule has 0 spiro atoms. The van der Waals surface area contributed by atoms with Crippen LogP contribution in [0.5, 0.6) is 11.5 Å². The minimum absolute atomic E-state index is 0.0131. The zero-order valence-corrected chi connectivity index (χ0v) is 18.8. The fourth-order valence-electron chi connectivity index (χ4n) is 3.75. The highest BCUT2D eigenvalue weighted by Crippen LogP contribution is 2.39. The van der Waals surface area contributed by atoms with Crippen molar-refractivity contribution in [2.24, 2.45) is 0 Å². The fourth-order valence-corrected chi connectivity index (χ4v) is 4.11. The SMILES string of the molecule is COCCOC(=O)C1=C(C)N(c2ccc3c(c2)OCCO3)C(=S)NC1c1ccc(F)cc1F. The molecule has 2 aromatic carbocycles. The lowest BCUT2D eigenvalue weighted by Crippen LogP contribution is -2.48. The smallest absolute Gasteiger partial charge is 0.338 e. The summed E-state index contributed by atoms with van der Waals surface area (Å²) in [7, 11) is 1.49. The number of halogens is 2. The number of carbonyl (C=O) groups excluding carboxylic acids is 1. The van der Waals surface area contributed by atoms with Crippen molar-refractivity contribution in [1.29, 1.82) is 0 Å². The summed E-state index contributed by atoms with van der Waals surface area (Å²) in [6.45, 7) is 2.77. The first-order valence-electron chi connectivity index (χ1n) is 10.2. The van der Waals surface area contributed by atoms with Crippen LogP contribution in [-0.2, 0) is 14.3 Å². The van der Waals surface area contributed by atoms with Crippen molar-refractivity contribution in [3.8, 4) is 11.5 Å². The van der Waals surface area contributed by atoms with E-state index in [4.69, 9.17) is 31.2 Å². The summed E-state index contributed by atoms with van der Waals surface area (Å²) in [4.78, 5) is 14.7. The van der Waals surface area contributed by atoms with Crippen LogP contribution in [-0.4, -0.2) is 44.6 Å². The Morgan fingerprint density at radius 2 is 1.91 bits per heavy atom. The Labute approximate surface area is 194 Å². The summed E-state index contributed by atoms with van der Waals surface area (Å²) in [5.74, 6) is -1.05. The summed E-state index contributed by atoms with van der Waals surface area (Å²) < 4.78 is 49.7. The van der Waals surface area contributed by atoms with Crippen LogP contribution in [0.4, 0.5) is 14.5 Å². The number of methoxy groups -OCH3 is 1. The quantitative estimate of drug-likeness (QED) is 0.385. The van der Waals surface area contributed by atoms with Crippen LogP contribution in [0, 0.1) is 11.6 Å². The number of carbonyl (C=O) groups is 1. The largest absolute Gasteiger partial charge is 0.486 e. The lowest BCUT2D eigenvalue weighted by Gasteiger charge is -2.38. The zero-order chi connectivity index (χ0) is 23.5. The molecule has 2 aromatic rings. The second kappa shape index (κ2) is 9.72. The highest BCUT2D eigenvalue weighted by atomic mass is 32.1. The predicted molar refractivity (Wildman–Crippen MR) is 120 cm³/mol. The second-order valence-corrected chi connectivity index (χ2v) is 7.73. The number of hydrogen-bond acceptors (Lipinski definition) is 6. The molecule has 2 heterocycles. The van der Waals surface area contributed by atoms with E-state index in [0.717, 1.165) is 12.1 Å². The van der Waals surface area contributed by atoms with E-state index in [1.54, 1.807) is 30.0 Å². The van der Waals surface area contributed by atoms with Crippen LogP contribution in [0.25, 0.3) is 0 Å².